The van der Waals surface area contributed by atoms with E-state index in [0.29, 0.717) is 11.7 Å². The highest BCUT2D eigenvalue weighted by atomic mass is 16.2. The molecule has 1 fully saturated rings. The van der Waals surface area contributed by atoms with E-state index in [-0.39, 0.29) is 5.91 Å². The van der Waals surface area contributed by atoms with Gasteiger partial charge in [-0.05, 0) is 13.0 Å². The lowest BCUT2D eigenvalue weighted by atomic mass is 10.1. The number of amides is 1. The summed E-state index contributed by atoms with van der Waals surface area (Å²) in [7, 11) is 1.78. The SMILES string of the molecule is Cc1nccn1C1CN(C(=O)c2ccnn2C)C1. The molecule has 1 aliphatic rings. The number of rotatable bonds is 2. The van der Waals surface area contributed by atoms with Crippen molar-refractivity contribution in [3.63, 3.8) is 0 Å². The maximum absolute atomic E-state index is 12.1. The molecule has 1 aliphatic heterocycles. The largest absolute Gasteiger partial charge is 0.333 e. The fraction of sp³-hybridized carbons (Fsp3) is 0.417. The molecule has 0 N–H and O–H groups in total. The number of aromatic nitrogens is 4. The second-order valence-corrected chi connectivity index (χ2v) is 4.59. The minimum atomic E-state index is 0.0454. The quantitative estimate of drug-likeness (QED) is 0.779. The molecule has 1 amide bonds. The van der Waals surface area contributed by atoms with Crippen LogP contribution in [0.15, 0.2) is 24.7 Å². The fourth-order valence-corrected chi connectivity index (χ4v) is 2.32. The molecule has 3 heterocycles. The van der Waals surface area contributed by atoms with E-state index in [1.54, 1.807) is 30.2 Å². The van der Waals surface area contributed by atoms with Crippen LogP contribution in [-0.2, 0) is 7.05 Å². The summed E-state index contributed by atoms with van der Waals surface area (Å²) in [6.07, 6.45) is 5.40. The third-order valence-corrected chi connectivity index (χ3v) is 3.45. The van der Waals surface area contributed by atoms with Crippen LogP contribution >= 0.6 is 0 Å². The molecule has 1 saturated heterocycles. The van der Waals surface area contributed by atoms with Crippen LogP contribution in [0.1, 0.15) is 22.4 Å². The van der Waals surface area contributed by atoms with E-state index in [9.17, 15) is 4.79 Å². The Kier molecular flexibility index (Phi) is 2.43. The molecule has 6 nitrogen and oxygen atoms in total. The van der Waals surface area contributed by atoms with Gasteiger partial charge in [-0.1, -0.05) is 0 Å². The van der Waals surface area contributed by atoms with Gasteiger partial charge in [-0.15, -0.1) is 0 Å². The summed E-state index contributed by atoms with van der Waals surface area (Å²) in [5.74, 6) is 1.04. The molecule has 0 atom stereocenters. The van der Waals surface area contributed by atoms with Gasteiger partial charge in [0.25, 0.3) is 5.91 Å². The van der Waals surface area contributed by atoms with Crippen molar-refractivity contribution in [3.8, 4) is 0 Å². The summed E-state index contributed by atoms with van der Waals surface area (Å²) < 4.78 is 3.73. The molecule has 3 rings (SSSR count). The van der Waals surface area contributed by atoms with Crippen LogP contribution in [0.3, 0.4) is 0 Å². The fourth-order valence-electron chi connectivity index (χ4n) is 2.32. The van der Waals surface area contributed by atoms with Crippen LogP contribution in [0.25, 0.3) is 0 Å². The van der Waals surface area contributed by atoms with Crippen molar-refractivity contribution in [2.75, 3.05) is 13.1 Å². The zero-order valence-electron chi connectivity index (χ0n) is 10.4. The zero-order chi connectivity index (χ0) is 12.7. The molecule has 94 valence electrons. The average molecular weight is 245 g/mol. The van der Waals surface area contributed by atoms with Gasteiger partial charge in [0.15, 0.2) is 0 Å². The lowest BCUT2D eigenvalue weighted by molar-refractivity contribution is 0.0506. The predicted octanol–water partition coefficient (Wildman–Crippen LogP) is 0.622. The topological polar surface area (TPSA) is 56.0 Å². The van der Waals surface area contributed by atoms with Crippen LogP contribution < -0.4 is 0 Å². The van der Waals surface area contributed by atoms with Crippen molar-refractivity contribution >= 4 is 5.91 Å². The lowest BCUT2D eigenvalue weighted by Crippen LogP contribution is -2.51. The monoisotopic (exact) mass is 245 g/mol. The van der Waals surface area contributed by atoms with Gasteiger partial charge in [-0.3, -0.25) is 9.48 Å². The summed E-state index contributed by atoms with van der Waals surface area (Å²) in [6.45, 7) is 3.45. The van der Waals surface area contributed by atoms with Crippen molar-refractivity contribution < 1.29 is 4.79 Å². The normalized spacial score (nSPS) is 15.8. The molecule has 6 heteroatoms. The van der Waals surface area contributed by atoms with E-state index in [2.05, 4.69) is 14.6 Å². The number of aryl methyl sites for hydroxylation is 2. The molecular formula is C12H15N5O. The highest BCUT2D eigenvalue weighted by Gasteiger charge is 2.33. The van der Waals surface area contributed by atoms with Crippen LogP contribution in [-0.4, -0.2) is 43.2 Å². The summed E-state index contributed by atoms with van der Waals surface area (Å²) in [5.41, 5.74) is 0.635. The molecule has 2 aromatic heterocycles. The predicted molar refractivity (Wildman–Crippen MR) is 65.1 cm³/mol. The van der Waals surface area contributed by atoms with Crippen molar-refractivity contribution in [2.45, 2.75) is 13.0 Å². The second kappa shape index (κ2) is 3.97. The molecule has 0 unspecified atom stereocenters. The Hall–Kier alpha value is -2.11. The van der Waals surface area contributed by atoms with Crippen LogP contribution in [0.2, 0.25) is 0 Å². The summed E-state index contributed by atoms with van der Waals surface area (Å²) in [5, 5.41) is 4.02. The van der Waals surface area contributed by atoms with Gasteiger partial charge in [0.2, 0.25) is 0 Å². The molecule has 0 bridgehead atoms. The first-order valence-electron chi connectivity index (χ1n) is 5.93. The number of hydrogen-bond donors (Lipinski definition) is 0. The van der Waals surface area contributed by atoms with Gasteiger partial charge in [-0.25, -0.2) is 4.98 Å². The molecule has 0 radical (unpaired) electrons. The van der Waals surface area contributed by atoms with Gasteiger partial charge in [0.1, 0.15) is 11.5 Å². The second-order valence-electron chi connectivity index (χ2n) is 4.59. The first-order valence-corrected chi connectivity index (χ1v) is 5.93. The van der Waals surface area contributed by atoms with Gasteiger partial charge in [0, 0.05) is 38.7 Å². The van der Waals surface area contributed by atoms with Gasteiger partial charge in [0.05, 0.1) is 6.04 Å². The number of nitrogens with zero attached hydrogens (tertiary/aromatic N) is 5. The minimum absolute atomic E-state index is 0.0454. The Balaban J connectivity index is 1.68. The Morgan fingerprint density at radius 1 is 1.39 bits per heavy atom. The van der Waals surface area contributed by atoms with E-state index >= 15 is 0 Å². The lowest BCUT2D eigenvalue weighted by Gasteiger charge is -2.40. The van der Waals surface area contributed by atoms with Crippen molar-refractivity contribution in [2.24, 2.45) is 7.05 Å². The van der Waals surface area contributed by atoms with Crippen molar-refractivity contribution in [1.82, 2.24) is 24.2 Å². The number of hydrogen-bond acceptors (Lipinski definition) is 3. The maximum atomic E-state index is 12.1. The van der Waals surface area contributed by atoms with E-state index in [0.717, 1.165) is 18.9 Å². The Morgan fingerprint density at radius 2 is 2.17 bits per heavy atom. The molecule has 0 aliphatic carbocycles. The Labute approximate surface area is 105 Å². The van der Waals surface area contributed by atoms with E-state index < -0.39 is 0 Å². The van der Waals surface area contributed by atoms with Gasteiger partial charge >= 0.3 is 0 Å². The smallest absolute Gasteiger partial charge is 0.272 e. The van der Waals surface area contributed by atoms with E-state index in [1.165, 1.54) is 0 Å². The van der Waals surface area contributed by atoms with Gasteiger partial charge < -0.3 is 9.47 Å². The van der Waals surface area contributed by atoms with Crippen molar-refractivity contribution in [3.05, 3.63) is 36.2 Å². The molecule has 0 aromatic carbocycles. The number of imidazole rings is 1. The van der Waals surface area contributed by atoms with Crippen LogP contribution in [0, 0.1) is 6.92 Å². The third-order valence-electron chi connectivity index (χ3n) is 3.45. The molecule has 0 spiro atoms. The summed E-state index contributed by atoms with van der Waals surface area (Å²) in [4.78, 5) is 18.2. The maximum Gasteiger partial charge on any atom is 0.272 e. The molecule has 2 aromatic rings. The van der Waals surface area contributed by atoms with E-state index in [4.69, 9.17) is 0 Å². The first kappa shape index (κ1) is 11.0. The third kappa shape index (κ3) is 1.61. The molecular weight excluding hydrogens is 230 g/mol. The summed E-state index contributed by atoms with van der Waals surface area (Å²) >= 11 is 0. The van der Waals surface area contributed by atoms with E-state index in [1.807, 2.05) is 18.0 Å². The Morgan fingerprint density at radius 3 is 2.72 bits per heavy atom. The van der Waals surface area contributed by atoms with Crippen LogP contribution in [0.4, 0.5) is 0 Å². The van der Waals surface area contributed by atoms with Crippen molar-refractivity contribution in [1.29, 1.82) is 0 Å². The highest BCUT2D eigenvalue weighted by molar-refractivity contribution is 5.93. The zero-order valence-corrected chi connectivity index (χ0v) is 10.4. The first-order chi connectivity index (χ1) is 8.66. The Bertz CT molecular complexity index is 579. The van der Waals surface area contributed by atoms with Gasteiger partial charge in [-0.2, -0.15) is 5.10 Å². The standard InChI is InChI=1S/C12H15N5O/c1-9-13-5-6-17(9)10-7-16(8-10)12(18)11-3-4-14-15(11)2/h3-6,10H,7-8H2,1-2H3. The molecule has 18 heavy (non-hydrogen) atoms. The number of likely N-dealkylation sites (tertiary alicyclic amines) is 1. The number of carbonyl (C=O) groups excluding carboxylic acids is 1. The molecule has 0 saturated carbocycles. The minimum Gasteiger partial charge on any atom is -0.333 e. The summed E-state index contributed by atoms with van der Waals surface area (Å²) in [6, 6.07) is 2.10. The van der Waals surface area contributed by atoms with Crippen LogP contribution in [0.5, 0.6) is 0 Å². The average Bonchev–Trinajstić information content (AvgIpc) is 2.86. The highest BCUT2D eigenvalue weighted by Crippen LogP contribution is 2.23. The number of carbonyl (C=O) groups is 1.